The molecule has 0 bridgehead atoms. The quantitative estimate of drug-likeness (QED) is 0.525. The summed E-state index contributed by atoms with van der Waals surface area (Å²) in [6, 6.07) is 26.0. The molecule has 36 heavy (non-hydrogen) atoms. The third-order valence-electron chi connectivity index (χ3n) is 6.63. The molecule has 0 N–H and O–H groups in total. The fourth-order valence-corrected chi connectivity index (χ4v) is 4.88. The van der Waals surface area contributed by atoms with E-state index in [1.807, 2.05) is 66.7 Å². The van der Waals surface area contributed by atoms with Crippen LogP contribution in [-0.2, 0) is 14.4 Å². The number of benzene rings is 3. The molecular weight excluding hydrogens is 456 g/mol. The van der Waals surface area contributed by atoms with Crippen LogP contribution in [0.1, 0.15) is 23.6 Å². The van der Waals surface area contributed by atoms with Gasteiger partial charge in [-0.25, -0.2) is 9.91 Å². The average Bonchev–Trinajstić information content (AvgIpc) is 3.61. The van der Waals surface area contributed by atoms with Crippen molar-refractivity contribution < 1.29 is 14.4 Å². The van der Waals surface area contributed by atoms with Crippen molar-refractivity contribution in [2.75, 3.05) is 11.4 Å². The van der Waals surface area contributed by atoms with Crippen molar-refractivity contribution in [1.29, 1.82) is 0 Å². The van der Waals surface area contributed by atoms with E-state index in [2.05, 4.69) is 15.4 Å². The number of hydrogen-bond donors (Lipinski definition) is 0. The standard InChI is InChI=1S/C27H22N6O3/c34-23(17-31-25-24(28-30-31)26(35)32(27(25)36)20-14-8-3-9-15-20)33-22(19-12-6-2-7-13-19)16-21(29-33)18-10-4-1-5-11-18/h1-15,22,24-25H,16-17H2/t22-,24-,25+/m0/s1. The number of carbonyl (C=O) groups excluding carboxylic acids is 3. The van der Waals surface area contributed by atoms with Crippen LogP contribution in [0.5, 0.6) is 0 Å². The van der Waals surface area contributed by atoms with Crippen LogP contribution in [0.2, 0.25) is 0 Å². The van der Waals surface area contributed by atoms with Gasteiger partial charge in [0, 0.05) is 6.42 Å². The maximum absolute atomic E-state index is 13.6. The maximum Gasteiger partial charge on any atom is 0.264 e. The third kappa shape index (κ3) is 3.65. The van der Waals surface area contributed by atoms with Gasteiger partial charge in [0.1, 0.15) is 6.54 Å². The number of carbonyl (C=O) groups is 3. The van der Waals surface area contributed by atoms with E-state index in [4.69, 9.17) is 0 Å². The number of nitrogens with zero attached hydrogens (tertiary/aromatic N) is 6. The molecule has 1 saturated heterocycles. The highest BCUT2D eigenvalue weighted by Crippen LogP contribution is 2.35. The molecule has 0 saturated carbocycles. The number of rotatable bonds is 5. The molecule has 0 aliphatic carbocycles. The van der Waals surface area contributed by atoms with Crippen molar-refractivity contribution in [2.45, 2.75) is 24.5 Å². The highest BCUT2D eigenvalue weighted by molar-refractivity contribution is 6.25. The molecular formula is C27H22N6O3. The Morgan fingerprint density at radius 3 is 2.17 bits per heavy atom. The highest BCUT2D eigenvalue weighted by atomic mass is 16.2. The zero-order chi connectivity index (χ0) is 24.6. The van der Waals surface area contributed by atoms with E-state index in [9.17, 15) is 14.4 Å². The topological polar surface area (TPSA) is 98.0 Å². The Hall–Kier alpha value is -4.66. The number of hydrogen-bond acceptors (Lipinski definition) is 7. The van der Waals surface area contributed by atoms with Crippen LogP contribution in [-0.4, -0.2) is 52.1 Å². The summed E-state index contributed by atoms with van der Waals surface area (Å²) in [4.78, 5) is 40.8. The molecule has 1 fully saturated rings. The summed E-state index contributed by atoms with van der Waals surface area (Å²) in [7, 11) is 0. The molecule has 3 aromatic carbocycles. The second-order valence-electron chi connectivity index (χ2n) is 8.82. The summed E-state index contributed by atoms with van der Waals surface area (Å²) in [5.74, 6) is -1.21. The van der Waals surface area contributed by atoms with Crippen molar-refractivity contribution >= 4 is 29.1 Å². The lowest BCUT2D eigenvalue weighted by atomic mass is 9.98. The molecule has 3 atom stereocenters. The third-order valence-corrected chi connectivity index (χ3v) is 6.63. The second-order valence-corrected chi connectivity index (χ2v) is 8.82. The molecule has 3 amide bonds. The van der Waals surface area contributed by atoms with E-state index in [-0.39, 0.29) is 18.5 Å². The maximum atomic E-state index is 13.6. The zero-order valence-electron chi connectivity index (χ0n) is 19.2. The van der Waals surface area contributed by atoms with Gasteiger partial charge in [0.2, 0.25) is 0 Å². The van der Waals surface area contributed by atoms with Crippen LogP contribution >= 0.6 is 0 Å². The van der Waals surface area contributed by atoms with Crippen molar-refractivity contribution in [3.8, 4) is 0 Å². The number of fused-ring (bicyclic) bond motifs is 1. The van der Waals surface area contributed by atoms with Gasteiger partial charge < -0.3 is 0 Å². The van der Waals surface area contributed by atoms with Crippen LogP contribution in [0, 0.1) is 0 Å². The summed E-state index contributed by atoms with van der Waals surface area (Å²) in [6.07, 6.45) is 0.562. The van der Waals surface area contributed by atoms with Gasteiger partial charge in [-0.15, -0.1) is 0 Å². The molecule has 3 aliphatic rings. The van der Waals surface area contributed by atoms with Crippen LogP contribution < -0.4 is 4.90 Å². The number of amides is 3. The smallest absolute Gasteiger partial charge is 0.264 e. The summed E-state index contributed by atoms with van der Waals surface area (Å²) < 4.78 is 0. The Bertz CT molecular complexity index is 1380. The minimum Gasteiger partial charge on any atom is -0.271 e. The molecule has 0 radical (unpaired) electrons. The first-order valence-corrected chi connectivity index (χ1v) is 11.7. The first kappa shape index (κ1) is 21.8. The Kier molecular flexibility index (Phi) is 5.37. The van der Waals surface area contributed by atoms with Gasteiger partial charge in [0.05, 0.1) is 17.4 Å². The summed E-state index contributed by atoms with van der Waals surface area (Å²) >= 11 is 0. The molecule has 3 aromatic rings. The number of para-hydroxylation sites is 1. The van der Waals surface area contributed by atoms with Gasteiger partial charge in [-0.1, -0.05) is 84.1 Å². The fourth-order valence-electron chi connectivity index (χ4n) is 4.88. The minimum atomic E-state index is -0.961. The van der Waals surface area contributed by atoms with Gasteiger partial charge >= 0.3 is 0 Å². The Labute approximate surface area is 207 Å². The highest BCUT2D eigenvalue weighted by Gasteiger charge is 2.55. The molecule has 9 heteroatoms. The first-order chi connectivity index (χ1) is 17.6. The summed E-state index contributed by atoms with van der Waals surface area (Å²) in [6.45, 7) is -0.221. The first-order valence-electron chi connectivity index (χ1n) is 11.7. The Balaban J connectivity index is 1.26. The van der Waals surface area contributed by atoms with Crippen molar-refractivity contribution in [3.05, 3.63) is 102 Å². The van der Waals surface area contributed by atoms with E-state index >= 15 is 0 Å². The van der Waals surface area contributed by atoms with Gasteiger partial charge in [0.25, 0.3) is 17.7 Å². The lowest BCUT2D eigenvalue weighted by Gasteiger charge is -2.25. The van der Waals surface area contributed by atoms with Crippen molar-refractivity contribution in [2.24, 2.45) is 15.4 Å². The SMILES string of the molecule is O=C1[C@H]2N=NN(CC(=O)N3N=C(c4ccccc4)C[C@H]3c3ccccc3)[C@H]2C(=O)N1c1ccccc1. The predicted molar refractivity (Wildman–Crippen MR) is 132 cm³/mol. The lowest BCUT2D eigenvalue weighted by Crippen LogP contribution is -2.44. The molecule has 178 valence electrons. The van der Waals surface area contributed by atoms with Gasteiger partial charge in [-0.2, -0.15) is 10.2 Å². The molecule has 9 nitrogen and oxygen atoms in total. The Morgan fingerprint density at radius 1 is 0.833 bits per heavy atom. The molecule has 0 unspecified atom stereocenters. The van der Waals surface area contributed by atoms with E-state index in [0.717, 1.165) is 21.7 Å². The fraction of sp³-hybridized carbons (Fsp3) is 0.185. The molecule has 3 heterocycles. The summed E-state index contributed by atoms with van der Waals surface area (Å²) in [5, 5.41) is 15.5. The van der Waals surface area contributed by atoms with Crippen LogP contribution in [0.3, 0.4) is 0 Å². The zero-order valence-corrected chi connectivity index (χ0v) is 19.2. The van der Waals surface area contributed by atoms with E-state index in [1.165, 1.54) is 10.0 Å². The van der Waals surface area contributed by atoms with Crippen LogP contribution in [0.15, 0.2) is 106 Å². The Morgan fingerprint density at radius 2 is 1.47 bits per heavy atom. The number of anilines is 1. The normalized spacial score (nSPS) is 22.8. The van der Waals surface area contributed by atoms with Crippen LogP contribution in [0.25, 0.3) is 0 Å². The monoisotopic (exact) mass is 478 g/mol. The van der Waals surface area contributed by atoms with Gasteiger partial charge in [-0.05, 0) is 23.3 Å². The molecule has 3 aliphatic heterocycles. The number of imide groups is 1. The van der Waals surface area contributed by atoms with E-state index in [1.54, 1.807) is 24.3 Å². The van der Waals surface area contributed by atoms with E-state index in [0.29, 0.717) is 12.1 Å². The van der Waals surface area contributed by atoms with E-state index < -0.39 is 23.9 Å². The predicted octanol–water partition coefficient (Wildman–Crippen LogP) is 3.36. The van der Waals surface area contributed by atoms with Crippen molar-refractivity contribution in [1.82, 2.24) is 10.0 Å². The molecule has 0 spiro atoms. The minimum absolute atomic E-state index is 0.221. The second kappa shape index (κ2) is 8.84. The summed E-state index contributed by atoms with van der Waals surface area (Å²) in [5.41, 5.74) is 3.19. The van der Waals surface area contributed by atoms with Gasteiger partial charge in [-0.3, -0.25) is 19.4 Å². The molecule has 0 aromatic heterocycles. The average molecular weight is 479 g/mol. The van der Waals surface area contributed by atoms with Crippen molar-refractivity contribution in [3.63, 3.8) is 0 Å². The van der Waals surface area contributed by atoms with Gasteiger partial charge in [0.15, 0.2) is 12.1 Å². The molecule has 6 rings (SSSR count). The largest absolute Gasteiger partial charge is 0.271 e. The number of hydrazone groups is 1. The van der Waals surface area contributed by atoms with Crippen LogP contribution in [0.4, 0.5) is 5.69 Å². The lowest BCUT2D eigenvalue weighted by molar-refractivity contribution is -0.135.